The number of amides is 1. The summed E-state index contributed by atoms with van der Waals surface area (Å²) < 4.78 is 35.2. The molecule has 7 nitrogen and oxygen atoms in total. The Morgan fingerprint density at radius 2 is 1.25 bits per heavy atom. The second-order valence-electron chi connectivity index (χ2n) is 9.17. The maximum atomic E-state index is 13.4. The van der Waals surface area contributed by atoms with E-state index in [1.807, 2.05) is 66.7 Å². The molecule has 0 aliphatic heterocycles. The summed E-state index contributed by atoms with van der Waals surface area (Å²) in [5, 5.41) is 2.95. The quantitative estimate of drug-likeness (QED) is 0.219. The summed E-state index contributed by atoms with van der Waals surface area (Å²) in [7, 11) is -4.02. The van der Waals surface area contributed by atoms with Gasteiger partial charge in [-0.25, -0.2) is 8.42 Å². The van der Waals surface area contributed by atoms with E-state index in [2.05, 4.69) is 26.0 Å². The zero-order valence-corrected chi connectivity index (χ0v) is 24.0. The minimum Gasteiger partial charge on any atom is -0.462 e. The second-order valence-corrected chi connectivity index (χ2v) is 11.8. The molecule has 0 aromatic heterocycles. The summed E-state index contributed by atoms with van der Waals surface area (Å²) in [6.45, 7) is -0.141. The van der Waals surface area contributed by atoms with Crippen LogP contribution in [-0.2, 0) is 32.4 Å². The first-order valence-electron chi connectivity index (χ1n) is 12.7. The molecule has 0 aliphatic carbocycles. The molecular formula is C31H29BrN2O5S. The normalized spacial score (nSPS) is 12.7. The number of hydrogen-bond acceptors (Lipinski definition) is 5. The van der Waals surface area contributed by atoms with Gasteiger partial charge in [0.1, 0.15) is 12.6 Å². The number of carbonyl (C=O) groups excluding carboxylic acids is 2. The Morgan fingerprint density at radius 1 is 0.725 bits per heavy atom. The molecule has 0 heterocycles. The van der Waals surface area contributed by atoms with Gasteiger partial charge in [-0.2, -0.15) is 4.72 Å². The summed E-state index contributed by atoms with van der Waals surface area (Å²) in [6, 6.07) is 31.8. The largest absolute Gasteiger partial charge is 0.462 e. The van der Waals surface area contributed by atoms with Gasteiger partial charge in [-0.05, 0) is 60.4 Å². The predicted molar refractivity (Wildman–Crippen MR) is 157 cm³/mol. The highest BCUT2D eigenvalue weighted by atomic mass is 79.9. The van der Waals surface area contributed by atoms with Crippen LogP contribution >= 0.6 is 15.9 Å². The van der Waals surface area contributed by atoms with Crippen LogP contribution in [0.1, 0.15) is 21.5 Å². The van der Waals surface area contributed by atoms with Gasteiger partial charge in [0.2, 0.25) is 10.0 Å². The second kappa shape index (κ2) is 14.0. The van der Waals surface area contributed by atoms with Crippen molar-refractivity contribution < 1.29 is 22.7 Å². The van der Waals surface area contributed by atoms with Crippen molar-refractivity contribution in [3.63, 3.8) is 0 Å². The molecule has 206 valence electrons. The van der Waals surface area contributed by atoms with Crippen molar-refractivity contribution in [3.05, 3.63) is 136 Å². The molecule has 2 N–H and O–H groups in total. The molecule has 0 spiro atoms. The molecular weight excluding hydrogens is 592 g/mol. The molecule has 40 heavy (non-hydrogen) atoms. The van der Waals surface area contributed by atoms with Crippen LogP contribution in [0.5, 0.6) is 0 Å². The van der Waals surface area contributed by atoms with Gasteiger partial charge < -0.3 is 10.1 Å². The van der Waals surface area contributed by atoms with Crippen LogP contribution < -0.4 is 10.0 Å². The lowest BCUT2D eigenvalue weighted by Crippen LogP contribution is -2.46. The Bertz CT molecular complexity index is 1500. The van der Waals surface area contributed by atoms with Crippen LogP contribution in [0.2, 0.25) is 0 Å². The SMILES string of the molecule is O=C(N[C@@H](COC(=O)[C@@H](Cc1ccccc1)NS(=O)(=O)c1ccc(Br)cc1)Cc1ccccc1)c1ccccc1. The first-order chi connectivity index (χ1) is 19.3. The fourth-order valence-corrected chi connectivity index (χ4v) is 5.53. The molecule has 4 aromatic rings. The van der Waals surface area contributed by atoms with Crippen LogP contribution in [0.4, 0.5) is 0 Å². The molecule has 4 aromatic carbocycles. The molecule has 9 heteroatoms. The standard InChI is InChI=1S/C31H29BrN2O5S/c32-26-16-18-28(19-17-26)40(37,38)34-29(21-24-12-6-2-7-13-24)31(36)39-22-27(20-23-10-4-1-5-11-23)33-30(35)25-14-8-3-9-15-25/h1-19,27,29,34H,20-22H2,(H,33,35)/t27-,29-/m1/s1. The van der Waals surface area contributed by atoms with E-state index in [4.69, 9.17) is 4.74 Å². The number of carbonyl (C=O) groups is 2. The summed E-state index contributed by atoms with van der Waals surface area (Å²) in [5.74, 6) is -1.04. The van der Waals surface area contributed by atoms with Gasteiger partial charge in [-0.1, -0.05) is 94.8 Å². The molecule has 1 amide bonds. The average molecular weight is 622 g/mol. The van der Waals surface area contributed by atoms with E-state index >= 15 is 0 Å². The van der Waals surface area contributed by atoms with E-state index in [9.17, 15) is 18.0 Å². The van der Waals surface area contributed by atoms with Crippen molar-refractivity contribution in [2.75, 3.05) is 6.61 Å². The molecule has 0 radical (unpaired) electrons. The van der Waals surface area contributed by atoms with Gasteiger partial charge in [0, 0.05) is 10.0 Å². The minimum atomic E-state index is -4.02. The zero-order valence-electron chi connectivity index (χ0n) is 21.6. The van der Waals surface area contributed by atoms with Gasteiger partial charge in [0.15, 0.2) is 0 Å². The van der Waals surface area contributed by atoms with Crippen molar-refractivity contribution in [2.24, 2.45) is 0 Å². The Labute approximate surface area is 242 Å². The highest BCUT2D eigenvalue weighted by Crippen LogP contribution is 2.16. The van der Waals surface area contributed by atoms with Gasteiger partial charge >= 0.3 is 5.97 Å². The Hall–Kier alpha value is -3.79. The van der Waals surface area contributed by atoms with E-state index < -0.39 is 28.1 Å². The minimum absolute atomic E-state index is 0.0265. The van der Waals surface area contributed by atoms with Crippen LogP contribution in [0.3, 0.4) is 0 Å². The van der Waals surface area contributed by atoms with Crippen molar-refractivity contribution >= 4 is 37.8 Å². The summed E-state index contributed by atoms with van der Waals surface area (Å²) in [4.78, 5) is 26.3. The summed E-state index contributed by atoms with van der Waals surface area (Å²) in [5.41, 5.74) is 2.20. The molecule has 2 atom stereocenters. The highest BCUT2D eigenvalue weighted by Gasteiger charge is 2.28. The van der Waals surface area contributed by atoms with Gasteiger partial charge in [0.25, 0.3) is 5.91 Å². The maximum absolute atomic E-state index is 13.4. The van der Waals surface area contributed by atoms with Gasteiger partial charge in [0.05, 0.1) is 10.9 Å². The monoisotopic (exact) mass is 620 g/mol. The third-order valence-corrected chi connectivity index (χ3v) is 8.13. The molecule has 0 saturated carbocycles. The third kappa shape index (κ3) is 8.61. The van der Waals surface area contributed by atoms with Crippen LogP contribution in [0.25, 0.3) is 0 Å². The number of rotatable bonds is 12. The summed E-state index contributed by atoms with van der Waals surface area (Å²) >= 11 is 3.30. The lowest BCUT2D eigenvalue weighted by Gasteiger charge is -2.22. The maximum Gasteiger partial charge on any atom is 0.324 e. The average Bonchev–Trinajstić information content (AvgIpc) is 2.97. The lowest BCUT2D eigenvalue weighted by molar-refractivity contribution is -0.146. The number of sulfonamides is 1. The lowest BCUT2D eigenvalue weighted by atomic mass is 10.1. The van der Waals surface area contributed by atoms with Crippen LogP contribution in [-0.4, -0.2) is 39.0 Å². The highest BCUT2D eigenvalue weighted by molar-refractivity contribution is 9.10. The van der Waals surface area contributed by atoms with Crippen LogP contribution in [0, 0.1) is 0 Å². The number of hydrogen-bond donors (Lipinski definition) is 2. The number of nitrogens with one attached hydrogen (secondary N) is 2. The van der Waals surface area contributed by atoms with Crippen molar-refractivity contribution in [1.82, 2.24) is 10.0 Å². The smallest absolute Gasteiger partial charge is 0.324 e. The van der Waals surface area contributed by atoms with Crippen molar-refractivity contribution in [2.45, 2.75) is 29.8 Å². The molecule has 0 unspecified atom stereocenters. The predicted octanol–water partition coefficient (Wildman–Crippen LogP) is 4.92. The van der Waals surface area contributed by atoms with E-state index in [0.29, 0.717) is 12.0 Å². The molecule has 0 saturated heterocycles. The Morgan fingerprint density at radius 3 is 1.82 bits per heavy atom. The Kier molecular flexibility index (Phi) is 10.2. The van der Waals surface area contributed by atoms with E-state index in [1.165, 1.54) is 12.1 Å². The topological polar surface area (TPSA) is 102 Å². The van der Waals surface area contributed by atoms with Crippen molar-refractivity contribution in [1.29, 1.82) is 0 Å². The third-order valence-electron chi connectivity index (χ3n) is 6.11. The van der Waals surface area contributed by atoms with Crippen LogP contribution in [0.15, 0.2) is 125 Å². The van der Waals surface area contributed by atoms with Gasteiger partial charge in [-0.3, -0.25) is 9.59 Å². The molecule has 0 fully saturated rings. The van der Waals surface area contributed by atoms with Gasteiger partial charge in [-0.15, -0.1) is 0 Å². The summed E-state index contributed by atoms with van der Waals surface area (Å²) in [6.07, 6.45) is 0.510. The van der Waals surface area contributed by atoms with E-state index in [1.54, 1.807) is 36.4 Å². The molecule has 0 aliphatic rings. The van der Waals surface area contributed by atoms with Crippen molar-refractivity contribution in [3.8, 4) is 0 Å². The zero-order chi connectivity index (χ0) is 28.4. The number of halogens is 1. The van der Waals surface area contributed by atoms with E-state index in [-0.39, 0.29) is 23.8 Å². The molecule has 4 rings (SSSR count). The first kappa shape index (κ1) is 29.2. The first-order valence-corrected chi connectivity index (χ1v) is 15.0. The number of ether oxygens (including phenoxy) is 1. The van der Waals surface area contributed by atoms with E-state index in [0.717, 1.165) is 15.6 Å². The Balaban J connectivity index is 1.51. The number of esters is 1. The fraction of sp³-hybridized carbons (Fsp3) is 0.161. The fourth-order valence-electron chi connectivity index (χ4n) is 4.08. The molecule has 0 bridgehead atoms. The number of benzene rings is 4.